The molecule has 16 heavy (non-hydrogen) atoms. The number of aliphatic hydroxyl groups is 2. The van der Waals surface area contributed by atoms with Crippen LogP contribution in [0.5, 0.6) is 0 Å². The summed E-state index contributed by atoms with van der Waals surface area (Å²) in [4.78, 5) is 19.9. The van der Waals surface area contributed by atoms with Gasteiger partial charge in [0.25, 0.3) is 0 Å². The topological polar surface area (TPSA) is 139 Å². The van der Waals surface area contributed by atoms with E-state index in [1.807, 2.05) is 0 Å². The minimum atomic E-state index is -1.03. The maximum absolute atomic E-state index is 9.94. The summed E-state index contributed by atoms with van der Waals surface area (Å²) in [6.45, 7) is -0.738. The minimum absolute atomic E-state index is 0.369. The molecule has 96 valence electrons. The number of aliphatic carboxylic acids is 2. The molecule has 0 bridgehead atoms. The molecule has 8 heteroatoms. The molecule has 0 rings (SSSR count). The Morgan fingerprint density at radius 1 is 0.938 bits per heavy atom. The van der Waals surface area contributed by atoms with Crippen LogP contribution in [0.1, 0.15) is 0 Å². The fourth-order valence-electron chi connectivity index (χ4n) is 0.586. The molecular formula is C8H18N2O6. The molecule has 0 amide bonds. The predicted octanol–water partition coefficient (Wildman–Crippen LogP) is -2.70. The zero-order valence-electron chi connectivity index (χ0n) is 9.17. The van der Waals surface area contributed by atoms with Crippen molar-refractivity contribution < 1.29 is 30.0 Å². The molecule has 0 radical (unpaired) electrons. The molecule has 0 fully saturated rings. The molecule has 0 spiro atoms. The van der Waals surface area contributed by atoms with Crippen molar-refractivity contribution in [3.63, 3.8) is 0 Å². The van der Waals surface area contributed by atoms with E-state index in [0.717, 1.165) is 0 Å². The molecule has 0 aromatic heterocycles. The summed E-state index contributed by atoms with van der Waals surface area (Å²) in [5.74, 6) is -2.06. The van der Waals surface area contributed by atoms with Crippen LogP contribution in [0, 0.1) is 0 Å². The first kappa shape index (κ1) is 17.2. The first-order chi connectivity index (χ1) is 7.44. The van der Waals surface area contributed by atoms with Gasteiger partial charge in [-0.05, 0) is 14.1 Å². The highest BCUT2D eigenvalue weighted by Crippen LogP contribution is 1.77. The molecule has 2 atom stereocenters. The van der Waals surface area contributed by atoms with Gasteiger partial charge in [0.05, 0.1) is 13.2 Å². The van der Waals surface area contributed by atoms with Gasteiger partial charge in [-0.15, -0.1) is 0 Å². The highest BCUT2D eigenvalue weighted by molar-refractivity contribution is 5.73. The molecule has 0 saturated heterocycles. The van der Waals surface area contributed by atoms with Gasteiger partial charge in [0, 0.05) is 0 Å². The van der Waals surface area contributed by atoms with E-state index in [2.05, 4.69) is 10.6 Å². The summed E-state index contributed by atoms with van der Waals surface area (Å²) >= 11 is 0. The summed E-state index contributed by atoms with van der Waals surface area (Å²) in [6.07, 6.45) is 0. The molecule has 0 aliphatic rings. The fraction of sp³-hybridized carbons (Fsp3) is 0.750. The van der Waals surface area contributed by atoms with Gasteiger partial charge in [-0.2, -0.15) is 0 Å². The summed E-state index contributed by atoms with van der Waals surface area (Å²) in [6, 6.07) is -1.65. The van der Waals surface area contributed by atoms with Crippen LogP contribution in [0.25, 0.3) is 0 Å². The van der Waals surface area contributed by atoms with Crippen LogP contribution in [0.2, 0.25) is 0 Å². The van der Waals surface area contributed by atoms with Crippen molar-refractivity contribution in [2.75, 3.05) is 27.3 Å². The predicted molar refractivity (Wildman–Crippen MR) is 55.1 cm³/mol. The SMILES string of the molecule is CN[C@H](CO)C(=O)O.CN[C@H](CO)C(=O)O. The molecule has 8 nitrogen and oxygen atoms in total. The lowest BCUT2D eigenvalue weighted by atomic mass is 10.3. The van der Waals surface area contributed by atoms with Crippen molar-refractivity contribution in [2.24, 2.45) is 0 Å². The molecule has 0 aliphatic heterocycles. The minimum Gasteiger partial charge on any atom is -0.480 e. The van der Waals surface area contributed by atoms with Crippen LogP contribution in [0.4, 0.5) is 0 Å². The third-order valence-corrected chi connectivity index (χ3v) is 1.66. The van der Waals surface area contributed by atoms with Crippen molar-refractivity contribution in [1.29, 1.82) is 0 Å². The fourth-order valence-corrected chi connectivity index (χ4v) is 0.586. The van der Waals surface area contributed by atoms with Crippen molar-refractivity contribution in [3.8, 4) is 0 Å². The number of hydrogen-bond acceptors (Lipinski definition) is 6. The van der Waals surface area contributed by atoms with Crippen LogP contribution in [0.3, 0.4) is 0 Å². The monoisotopic (exact) mass is 238 g/mol. The van der Waals surface area contributed by atoms with Crippen LogP contribution in [-0.4, -0.2) is 71.8 Å². The lowest BCUT2D eigenvalue weighted by Crippen LogP contribution is -2.36. The second-order valence-electron chi connectivity index (χ2n) is 2.72. The van der Waals surface area contributed by atoms with E-state index in [4.69, 9.17) is 20.4 Å². The molecule has 0 aromatic carbocycles. The molecule has 0 saturated carbocycles. The highest BCUT2D eigenvalue weighted by Gasteiger charge is 2.11. The third kappa shape index (κ3) is 8.12. The number of carboxylic acids is 2. The van der Waals surface area contributed by atoms with E-state index in [1.165, 1.54) is 14.1 Å². The van der Waals surface area contributed by atoms with Crippen LogP contribution >= 0.6 is 0 Å². The standard InChI is InChI=1S/2C4H9NO3/c2*1-5-3(2-6)4(7)8/h2*3,5-6H,2H2,1H3,(H,7,8)/t2*3-/m11/s1. The van der Waals surface area contributed by atoms with Crippen molar-refractivity contribution in [3.05, 3.63) is 0 Å². The van der Waals surface area contributed by atoms with E-state index in [9.17, 15) is 9.59 Å². The number of hydrogen-bond donors (Lipinski definition) is 6. The zero-order chi connectivity index (χ0) is 13.1. The van der Waals surface area contributed by atoms with Crippen molar-refractivity contribution in [1.82, 2.24) is 10.6 Å². The second-order valence-corrected chi connectivity index (χ2v) is 2.72. The lowest BCUT2D eigenvalue weighted by molar-refractivity contribution is -0.141. The summed E-state index contributed by atoms with van der Waals surface area (Å²) in [5, 5.41) is 37.6. The molecule has 6 N–H and O–H groups in total. The lowest BCUT2D eigenvalue weighted by Gasteiger charge is -2.04. The number of carboxylic acid groups (broad SMARTS) is 2. The van der Waals surface area contributed by atoms with Gasteiger partial charge in [0.1, 0.15) is 12.1 Å². The molecule has 0 aromatic rings. The second kappa shape index (κ2) is 10.3. The summed E-state index contributed by atoms with van der Waals surface area (Å²) in [7, 11) is 2.96. The normalized spacial score (nSPS) is 13.2. The summed E-state index contributed by atoms with van der Waals surface area (Å²) < 4.78 is 0. The van der Waals surface area contributed by atoms with E-state index in [0.29, 0.717) is 0 Å². The largest absolute Gasteiger partial charge is 0.480 e. The first-order valence-corrected chi connectivity index (χ1v) is 4.46. The molecule has 0 aliphatic carbocycles. The van der Waals surface area contributed by atoms with Crippen LogP contribution in [0.15, 0.2) is 0 Å². The van der Waals surface area contributed by atoms with E-state index < -0.39 is 24.0 Å². The maximum Gasteiger partial charge on any atom is 0.323 e. The Labute approximate surface area is 92.9 Å². The first-order valence-electron chi connectivity index (χ1n) is 4.46. The maximum atomic E-state index is 9.94. The Morgan fingerprint density at radius 3 is 1.19 bits per heavy atom. The summed E-state index contributed by atoms with van der Waals surface area (Å²) in [5.41, 5.74) is 0. The zero-order valence-corrected chi connectivity index (χ0v) is 9.17. The average molecular weight is 238 g/mol. The Balaban J connectivity index is 0. The van der Waals surface area contributed by atoms with Crippen molar-refractivity contribution >= 4 is 11.9 Å². The van der Waals surface area contributed by atoms with Gasteiger partial charge in [-0.25, -0.2) is 0 Å². The number of rotatable bonds is 6. The van der Waals surface area contributed by atoms with E-state index in [-0.39, 0.29) is 13.2 Å². The number of likely N-dealkylation sites (N-methyl/N-ethyl adjacent to an activating group) is 2. The van der Waals surface area contributed by atoms with E-state index >= 15 is 0 Å². The van der Waals surface area contributed by atoms with E-state index in [1.54, 1.807) is 0 Å². The van der Waals surface area contributed by atoms with Crippen LogP contribution < -0.4 is 10.6 Å². The van der Waals surface area contributed by atoms with Gasteiger partial charge in [0.15, 0.2) is 0 Å². The number of aliphatic hydroxyl groups excluding tert-OH is 2. The number of carbonyl (C=O) groups is 2. The Kier molecular flexibility index (Phi) is 11.1. The quantitative estimate of drug-likeness (QED) is 0.294. The highest BCUT2D eigenvalue weighted by atomic mass is 16.4. The molecule has 0 unspecified atom stereocenters. The Morgan fingerprint density at radius 2 is 1.19 bits per heavy atom. The Hall–Kier alpha value is -1.22. The van der Waals surface area contributed by atoms with Gasteiger partial charge in [-0.3, -0.25) is 9.59 Å². The smallest absolute Gasteiger partial charge is 0.323 e. The van der Waals surface area contributed by atoms with Crippen molar-refractivity contribution in [2.45, 2.75) is 12.1 Å². The molecular weight excluding hydrogens is 220 g/mol. The average Bonchev–Trinajstić information content (AvgIpc) is 2.21. The van der Waals surface area contributed by atoms with Crippen LogP contribution in [-0.2, 0) is 9.59 Å². The van der Waals surface area contributed by atoms with Gasteiger partial charge >= 0.3 is 11.9 Å². The third-order valence-electron chi connectivity index (χ3n) is 1.66. The van der Waals surface area contributed by atoms with Gasteiger partial charge in [0.2, 0.25) is 0 Å². The molecule has 0 heterocycles. The Bertz CT molecular complexity index is 181. The van der Waals surface area contributed by atoms with Gasteiger partial charge < -0.3 is 31.1 Å². The number of nitrogens with one attached hydrogen (secondary N) is 2. The van der Waals surface area contributed by atoms with Gasteiger partial charge in [-0.1, -0.05) is 0 Å².